The van der Waals surface area contributed by atoms with Crippen LogP contribution in [0, 0.1) is 12.3 Å². The van der Waals surface area contributed by atoms with E-state index in [1.165, 1.54) is 0 Å². The topological polar surface area (TPSA) is 42.4 Å². The van der Waals surface area contributed by atoms with Gasteiger partial charge in [-0.1, -0.05) is 13.8 Å². The summed E-state index contributed by atoms with van der Waals surface area (Å²) >= 11 is 0. The summed E-state index contributed by atoms with van der Waals surface area (Å²) in [5, 5.41) is 0. The van der Waals surface area contributed by atoms with E-state index in [1.54, 1.807) is 11.1 Å². The Morgan fingerprint density at radius 3 is 2.39 bits per heavy atom. The summed E-state index contributed by atoms with van der Waals surface area (Å²) in [7, 11) is 0. The van der Waals surface area contributed by atoms with Gasteiger partial charge in [-0.05, 0) is 63.7 Å². The van der Waals surface area contributed by atoms with Crippen LogP contribution >= 0.6 is 0 Å². The van der Waals surface area contributed by atoms with Crippen LogP contribution in [0.4, 0.5) is 4.79 Å². The van der Waals surface area contributed by atoms with Crippen LogP contribution in [0.3, 0.4) is 0 Å². The molecule has 0 N–H and O–H groups in total. The van der Waals surface area contributed by atoms with E-state index in [2.05, 4.69) is 24.8 Å². The van der Waals surface area contributed by atoms with Crippen molar-refractivity contribution in [1.82, 2.24) is 9.88 Å². The van der Waals surface area contributed by atoms with Gasteiger partial charge in [-0.2, -0.15) is 0 Å². The number of aromatic nitrogens is 1. The van der Waals surface area contributed by atoms with Gasteiger partial charge in [0.15, 0.2) is 0 Å². The maximum atomic E-state index is 12.5. The molecule has 1 amide bonds. The van der Waals surface area contributed by atoms with Gasteiger partial charge in [-0.3, -0.25) is 0 Å². The third-order valence-electron chi connectivity index (χ3n) is 3.39. The minimum absolute atomic E-state index is 0.0207. The lowest BCUT2D eigenvalue weighted by Crippen LogP contribution is -2.40. The molecule has 4 heteroatoms. The van der Waals surface area contributed by atoms with Crippen LogP contribution < -0.4 is 0 Å². The number of amides is 1. The van der Waals surface area contributed by atoms with Gasteiger partial charge in [0.25, 0.3) is 0 Å². The molecule has 0 aliphatic carbocycles. The largest absolute Gasteiger partial charge is 0.444 e. The van der Waals surface area contributed by atoms with Gasteiger partial charge >= 0.3 is 6.09 Å². The molecule has 1 rings (SSSR count). The molecule has 1 aromatic heterocycles. The van der Waals surface area contributed by atoms with Crippen LogP contribution in [0.5, 0.6) is 0 Å². The van der Waals surface area contributed by atoms with E-state index in [4.69, 9.17) is 11.2 Å². The number of carbonyl (C=O) groups excluding carboxylic acids is 1. The van der Waals surface area contributed by atoms with Gasteiger partial charge in [0.2, 0.25) is 0 Å². The Labute approximate surface area is 140 Å². The monoisotopic (exact) mass is 316 g/mol. The molecule has 0 spiro atoms. The number of hydrogen-bond donors (Lipinski definition) is 0. The minimum atomic E-state index is -0.521. The van der Waals surface area contributed by atoms with E-state index in [0.717, 1.165) is 11.1 Å². The van der Waals surface area contributed by atoms with Crippen molar-refractivity contribution in [2.24, 2.45) is 0 Å². The van der Waals surface area contributed by atoms with E-state index < -0.39 is 5.60 Å². The first-order valence-corrected chi connectivity index (χ1v) is 8.00. The Morgan fingerprint density at radius 1 is 1.35 bits per heavy atom. The number of pyridine rings is 1. The van der Waals surface area contributed by atoms with Crippen LogP contribution in [0.25, 0.3) is 0 Å². The fourth-order valence-electron chi connectivity index (χ4n) is 2.37. The van der Waals surface area contributed by atoms with Crippen molar-refractivity contribution in [3.8, 4) is 12.3 Å². The van der Waals surface area contributed by atoms with E-state index in [-0.39, 0.29) is 18.1 Å². The molecule has 0 saturated heterocycles. The first-order valence-electron chi connectivity index (χ1n) is 8.00. The normalized spacial score (nSPS) is 11.5. The Bertz CT molecular complexity index is 592. The first kappa shape index (κ1) is 19.0. The zero-order valence-corrected chi connectivity index (χ0v) is 15.3. The molecule has 0 atom stereocenters. The summed E-state index contributed by atoms with van der Waals surface area (Å²) in [4.78, 5) is 18.5. The van der Waals surface area contributed by atoms with Gasteiger partial charge in [0.05, 0.1) is 0 Å². The molecule has 1 heterocycles. The number of rotatable bonds is 4. The standard InChI is InChI=1S/C19H28N2O2/c1-9-16-17(13(2)3)15(10-11-20-16)12-21(14(4)5)18(22)23-19(6,7)8/h1,10-11,13-14H,12H2,2-8H3. The van der Waals surface area contributed by atoms with Gasteiger partial charge in [-0.15, -0.1) is 6.42 Å². The number of terminal acetylenes is 1. The van der Waals surface area contributed by atoms with Gasteiger partial charge in [0.1, 0.15) is 11.3 Å². The highest BCUT2D eigenvalue weighted by molar-refractivity contribution is 5.68. The third-order valence-corrected chi connectivity index (χ3v) is 3.39. The van der Waals surface area contributed by atoms with E-state index in [9.17, 15) is 4.79 Å². The molecule has 0 unspecified atom stereocenters. The predicted molar refractivity (Wildman–Crippen MR) is 93.2 cm³/mol. The summed E-state index contributed by atoms with van der Waals surface area (Å²) < 4.78 is 5.52. The maximum absolute atomic E-state index is 12.5. The Morgan fingerprint density at radius 2 is 1.96 bits per heavy atom. The highest BCUT2D eigenvalue weighted by atomic mass is 16.6. The van der Waals surface area contributed by atoms with Gasteiger partial charge < -0.3 is 9.64 Å². The molecule has 0 aliphatic rings. The van der Waals surface area contributed by atoms with Crippen molar-refractivity contribution in [2.45, 2.75) is 72.6 Å². The Balaban J connectivity index is 3.16. The quantitative estimate of drug-likeness (QED) is 0.776. The fourth-order valence-corrected chi connectivity index (χ4v) is 2.37. The fraction of sp³-hybridized carbons (Fsp3) is 0.579. The summed E-state index contributed by atoms with van der Waals surface area (Å²) in [6, 6.07) is 1.95. The van der Waals surface area contributed by atoms with Crippen molar-refractivity contribution in [3.63, 3.8) is 0 Å². The second-order valence-corrected chi connectivity index (χ2v) is 7.23. The lowest BCUT2D eigenvalue weighted by atomic mass is 9.95. The molecular formula is C19H28N2O2. The number of carbonyl (C=O) groups is 1. The van der Waals surface area contributed by atoms with Crippen LogP contribution in [0.15, 0.2) is 12.3 Å². The lowest BCUT2D eigenvalue weighted by molar-refractivity contribution is 0.0171. The predicted octanol–water partition coefficient (Wildman–Crippen LogP) is 4.33. The highest BCUT2D eigenvalue weighted by Gasteiger charge is 2.25. The highest BCUT2D eigenvalue weighted by Crippen LogP contribution is 2.24. The SMILES string of the molecule is C#Cc1nccc(CN(C(=O)OC(C)(C)C)C(C)C)c1C(C)C. The van der Waals surface area contributed by atoms with Crippen molar-refractivity contribution in [3.05, 3.63) is 29.1 Å². The van der Waals surface area contributed by atoms with Crippen LogP contribution in [0.1, 0.15) is 71.2 Å². The second-order valence-electron chi connectivity index (χ2n) is 7.23. The summed E-state index contributed by atoms with van der Waals surface area (Å²) in [5.41, 5.74) is 2.16. The smallest absolute Gasteiger partial charge is 0.410 e. The van der Waals surface area contributed by atoms with Crippen molar-refractivity contribution < 1.29 is 9.53 Å². The van der Waals surface area contributed by atoms with Gasteiger partial charge in [0, 0.05) is 18.8 Å². The zero-order chi connectivity index (χ0) is 17.8. The summed E-state index contributed by atoms with van der Waals surface area (Å²) in [6.45, 7) is 14.2. The average Bonchev–Trinajstić information content (AvgIpc) is 2.41. The average molecular weight is 316 g/mol. The van der Waals surface area contributed by atoms with Crippen molar-refractivity contribution >= 4 is 6.09 Å². The molecule has 4 nitrogen and oxygen atoms in total. The summed E-state index contributed by atoms with van der Waals surface area (Å²) in [5.74, 6) is 2.88. The number of nitrogens with zero attached hydrogens (tertiary/aromatic N) is 2. The number of ether oxygens (including phenoxy) is 1. The molecular weight excluding hydrogens is 288 g/mol. The zero-order valence-electron chi connectivity index (χ0n) is 15.3. The molecule has 1 aromatic rings. The Kier molecular flexibility index (Phi) is 6.20. The maximum Gasteiger partial charge on any atom is 0.410 e. The molecule has 0 fully saturated rings. The molecule has 0 bridgehead atoms. The second kappa shape index (κ2) is 7.50. The lowest BCUT2D eigenvalue weighted by Gasteiger charge is -2.31. The van der Waals surface area contributed by atoms with Crippen molar-refractivity contribution in [2.75, 3.05) is 0 Å². The van der Waals surface area contributed by atoms with Gasteiger partial charge in [-0.25, -0.2) is 9.78 Å². The van der Waals surface area contributed by atoms with Crippen LogP contribution in [-0.4, -0.2) is 27.6 Å². The molecule has 0 aliphatic heterocycles. The summed E-state index contributed by atoms with van der Waals surface area (Å²) in [6.07, 6.45) is 6.95. The first-order chi connectivity index (χ1) is 10.6. The minimum Gasteiger partial charge on any atom is -0.444 e. The molecule has 0 saturated carbocycles. The van der Waals surface area contributed by atoms with E-state index in [1.807, 2.05) is 40.7 Å². The van der Waals surface area contributed by atoms with Crippen LogP contribution in [0.2, 0.25) is 0 Å². The third kappa shape index (κ3) is 5.28. The van der Waals surface area contributed by atoms with E-state index >= 15 is 0 Å². The Hall–Kier alpha value is -2.02. The molecule has 23 heavy (non-hydrogen) atoms. The number of hydrogen-bond acceptors (Lipinski definition) is 3. The van der Waals surface area contributed by atoms with Crippen LogP contribution in [-0.2, 0) is 11.3 Å². The van der Waals surface area contributed by atoms with E-state index in [0.29, 0.717) is 12.2 Å². The molecule has 0 radical (unpaired) electrons. The van der Waals surface area contributed by atoms with Crippen molar-refractivity contribution in [1.29, 1.82) is 0 Å². The molecule has 0 aromatic carbocycles. The molecule has 126 valence electrons.